The first kappa shape index (κ1) is 13.5. The molecule has 5 heteroatoms. The van der Waals surface area contributed by atoms with Crippen LogP contribution in [0, 0.1) is 11.3 Å². The zero-order chi connectivity index (χ0) is 13.0. The average molecular weight is 251 g/mol. The zero-order valence-corrected chi connectivity index (χ0v) is 11.1. The Kier molecular flexibility index (Phi) is 4.53. The summed E-state index contributed by atoms with van der Waals surface area (Å²) in [4.78, 5) is 12.2. The number of hydrogen-bond acceptors (Lipinski definition) is 5. The summed E-state index contributed by atoms with van der Waals surface area (Å²) in [6, 6.07) is 2.32. The van der Waals surface area contributed by atoms with Crippen LogP contribution in [0.2, 0.25) is 0 Å². The number of ketones is 1. The number of carbonyl (C=O) groups excluding carboxylic acids is 1. The zero-order valence-electron chi connectivity index (χ0n) is 10.3. The monoisotopic (exact) mass is 251 g/mol. The molecule has 0 saturated carbocycles. The standard InChI is InChI=1S/C12H17N3OS/c1-4-7(3)15-12-8(6-13)10(14)11(17-12)9(16)5-2/h7,15H,4-5,14H2,1-3H3. The van der Waals surface area contributed by atoms with Crippen molar-refractivity contribution in [1.29, 1.82) is 5.26 Å². The first-order valence-electron chi connectivity index (χ1n) is 5.67. The second kappa shape index (κ2) is 5.69. The number of carbonyl (C=O) groups is 1. The number of nitrogens with one attached hydrogen (secondary N) is 1. The van der Waals surface area contributed by atoms with Gasteiger partial charge < -0.3 is 11.1 Å². The molecule has 0 fully saturated rings. The number of anilines is 2. The van der Waals surface area contributed by atoms with Crippen molar-refractivity contribution in [3.05, 3.63) is 10.4 Å². The van der Waals surface area contributed by atoms with Gasteiger partial charge in [0.25, 0.3) is 0 Å². The van der Waals surface area contributed by atoms with Gasteiger partial charge in [0.05, 0.1) is 10.6 Å². The quantitative estimate of drug-likeness (QED) is 0.788. The maximum absolute atomic E-state index is 11.7. The highest BCUT2D eigenvalue weighted by Gasteiger charge is 2.20. The van der Waals surface area contributed by atoms with Gasteiger partial charge in [-0.2, -0.15) is 5.26 Å². The molecule has 4 nitrogen and oxygen atoms in total. The lowest BCUT2D eigenvalue weighted by atomic mass is 10.2. The highest BCUT2D eigenvalue weighted by atomic mass is 32.1. The van der Waals surface area contributed by atoms with Crippen LogP contribution in [0.4, 0.5) is 10.7 Å². The third kappa shape index (κ3) is 2.77. The summed E-state index contributed by atoms with van der Waals surface area (Å²) in [7, 11) is 0. The summed E-state index contributed by atoms with van der Waals surface area (Å²) >= 11 is 1.28. The van der Waals surface area contributed by atoms with Crippen LogP contribution in [-0.2, 0) is 0 Å². The maximum Gasteiger partial charge on any atom is 0.174 e. The van der Waals surface area contributed by atoms with Gasteiger partial charge in [-0.05, 0) is 13.3 Å². The predicted octanol–water partition coefficient (Wildman–Crippen LogP) is 3.01. The lowest BCUT2D eigenvalue weighted by Gasteiger charge is -2.10. The second-order valence-electron chi connectivity index (χ2n) is 3.89. The molecule has 1 rings (SSSR count). The van der Waals surface area contributed by atoms with Gasteiger partial charge in [-0.1, -0.05) is 13.8 Å². The van der Waals surface area contributed by atoms with E-state index in [1.54, 1.807) is 6.92 Å². The van der Waals surface area contributed by atoms with Crippen LogP contribution < -0.4 is 11.1 Å². The van der Waals surface area contributed by atoms with Crippen LogP contribution in [0.1, 0.15) is 48.8 Å². The third-order valence-electron chi connectivity index (χ3n) is 2.62. The molecule has 1 unspecified atom stereocenters. The van der Waals surface area contributed by atoms with E-state index in [1.807, 2.05) is 6.92 Å². The van der Waals surface area contributed by atoms with Crippen molar-refractivity contribution in [1.82, 2.24) is 0 Å². The molecule has 1 aromatic rings. The van der Waals surface area contributed by atoms with Gasteiger partial charge in [-0.3, -0.25) is 4.79 Å². The Labute approximate surface area is 105 Å². The Morgan fingerprint density at radius 2 is 2.24 bits per heavy atom. The summed E-state index contributed by atoms with van der Waals surface area (Å²) in [6.07, 6.45) is 1.35. The Morgan fingerprint density at radius 1 is 1.59 bits per heavy atom. The molecule has 92 valence electrons. The summed E-state index contributed by atoms with van der Waals surface area (Å²) in [5, 5.41) is 13.0. The molecule has 0 aliphatic carbocycles. The Morgan fingerprint density at radius 3 is 2.71 bits per heavy atom. The molecular formula is C12H17N3OS. The normalized spacial score (nSPS) is 11.9. The first-order valence-corrected chi connectivity index (χ1v) is 6.48. The molecule has 1 heterocycles. The van der Waals surface area contributed by atoms with Crippen molar-refractivity contribution in [2.45, 2.75) is 39.7 Å². The van der Waals surface area contributed by atoms with E-state index in [9.17, 15) is 4.79 Å². The van der Waals surface area contributed by atoms with Gasteiger partial charge in [-0.25, -0.2) is 0 Å². The molecule has 0 amide bonds. The van der Waals surface area contributed by atoms with Crippen molar-refractivity contribution in [3.63, 3.8) is 0 Å². The van der Waals surface area contributed by atoms with Crippen LogP contribution in [0.3, 0.4) is 0 Å². The summed E-state index contributed by atoms with van der Waals surface area (Å²) in [5.41, 5.74) is 6.55. The lowest BCUT2D eigenvalue weighted by molar-refractivity contribution is 0.0993. The fourth-order valence-corrected chi connectivity index (χ4v) is 2.54. The largest absolute Gasteiger partial charge is 0.396 e. The maximum atomic E-state index is 11.7. The molecular weight excluding hydrogens is 234 g/mol. The van der Waals surface area contributed by atoms with E-state index in [0.717, 1.165) is 6.42 Å². The van der Waals surface area contributed by atoms with Crippen LogP contribution in [-0.4, -0.2) is 11.8 Å². The van der Waals surface area contributed by atoms with E-state index in [2.05, 4.69) is 18.3 Å². The van der Waals surface area contributed by atoms with E-state index >= 15 is 0 Å². The van der Waals surface area contributed by atoms with E-state index in [-0.39, 0.29) is 11.8 Å². The number of nitriles is 1. The number of nitrogens with zero attached hydrogens (tertiary/aromatic N) is 1. The topological polar surface area (TPSA) is 78.9 Å². The molecule has 17 heavy (non-hydrogen) atoms. The van der Waals surface area contributed by atoms with Crippen molar-refractivity contribution >= 4 is 27.8 Å². The van der Waals surface area contributed by atoms with Crippen molar-refractivity contribution in [3.8, 4) is 6.07 Å². The molecule has 0 radical (unpaired) electrons. The van der Waals surface area contributed by atoms with Gasteiger partial charge >= 0.3 is 0 Å². The number of rotatable bonds is 5. The van der Waals surface area contributed by atoms with E-state index in [4.69, 9.17) is 11.0 Å². The van der Waals surface area contributed by atoms with Gasteiger partial charge in [0.1, 0.15) is 16.6 Å². The van der Waals surface area contributed by atoms with Crippen LogP contribution >= 0.6 is 11.3 Å². The summed E-state index contributed by atoms with van der Waals surface area (Å²) in [5.74, 6) is -0.0128. The van der Waals surface area contributed by atoms with Gasteiger partial charge in [0.15, 0.2) is 5.78 Å². The Balaban J connectivity index is 3.15. The molecule has 0 aromatic carbocycles. The minimum atomic E-state index is -0.0128. The Hall–Kier alpha value is -1.54. The third-order valence-corrected chi connectivity index (χ3v) is 3.80. The van der Waals surface area contributed by atoms with Crippen molar-refractivity contribution in [2.75, 3.05) is 11.1 Å². The van der Waals surface area contributed by atoms with Crippen molar-refractivity contribution < 1.29 is 4.79 Å². The highest BCUT2D eigenvalue weighted by Crippen LogP contribution is 2.36. The first-order chi connectivity index (χ1) is 8.04. The fourth-order valence-electron chi connectivity index (χ4n) is 1.35. The molecule has 0 aliphatic rings. The fraction of sp³-hybridized carbons (Fsp3) is 0.500. The predicted molar refractivity (Wildman–Crippen MR) is 71.4 cm³/mol. The van der Waals surface area contributed by atoms with Gasteiger partial charge in [-0.15, -0.1) is 11.3 Å². The van der Waals surface area contributed by atoms with Crippen molar-refractivity contribution in [2.24, 2.45) is 0 Å². The number of nitrogens with two attached hydrogens (primary N) is 1. The molecule has 1 aromatic heterocycles. The highest BCUT2D eigenvalue weighted by molar-refractivity contribution is 7.19. The SMILES string of the molecule is CCC(=O)c1sc(NC(C)CC)c(C#N)c1N. The molecule has 0 aliphatic heterocycles. The van der Waals surface area contributed by atoms with Gasteiger partial charge in [0.2, 0.25) is 0 Å². The molecule has 0 bridgehead atoms. The second-order valence-corrected chi connectivity index (χ2v) is 4.91. The average Bonchev–Trinajstić information content (AvgIpc) is 2.64. The molecule has 0 spiro atoms. The van der Waals surface area contributed by atoms with Gasteiger partial charge in [0, 0.05) is 12.5 Å². The summed E-state index contributed by atoms with van der Waals surface area (Å²) in [6.45, 7) is 5.87. The minimum Gasteiger partial charge on any atom is -0.396 e. The Bertz CT molecular complexity index is 459. The molecule has 1 atom stereocenters. The molecule has 3 N–H and O–H groups in total. The number of nitrogen functional groups attached to an aromatic ring is 1. The smallest absolute Gasteiger partial charge is 0.174 e. The number of hydrogen-bond donors (Lipinski definition) is 2. The van der Waals surface area contributed by atoms with E-state index in [1.165, 1.54) is 11.3 Å². The van der Waals surface area contributed by atoms with Crippen LogP contribution in [0.25, 0.3) is 0 Å². The number of Topliss-reactive ketones (excluding diaryl/α,β-unsaturated/α-hetero) is 1. The molecule has 0 saturated heterocycles. The van der Waals surface area contributed by atoms with E-state index < -0.39 is 0 Å². The van der Waals surface area contributed by atoms with E-state index in [0.29, 0.717) is 27.5 Å². The minimum absolute atomic E-state index is 0.0128. The lowest BCUT2D eigenvalue weighted by Crippen LogP contribution is -2.13. The summed E-state index contributed by atoms with van der Waals surface area (Å²) < 4.78 is 0. The van der Waals surface area contributed by atoms with Crippen LogP contribution in [0.5, 0.6) is 0 Å². The van der Waals surface area contributed by atoms with Crippen LogP contribution in [0.15, 0.2) is 0 Å². The number of thiophene rings is 1.